The normalized spacial score (nSPS) is 12.0. The van der Waals surface area contributed by atoms with Gasteiger partial charge in [0.2, 0.25) is 17.8 Å². The summed E-state index contributed by atoms with van der Waals surface area (Å²) in [7, 11) is 0. The second-order valence-corrected chi connectivity index (χ2v) is 8.10. The van der Waals surface area contributed by atoms with Crippen LogP contribution >= 0.6 is 23.1 Å². The fourth-order valence-electron chi connectivity index (χ4n) is 2.38. The zero-order valence-electron chi connectivity index (χ0n) is 15.1. The first-order valence-corrected chi connectivity index (χ1v) is 10.2. The van der Waals surface area contributed by atoms with Gasteiger partial charge in [-0.25, -0.2) is 0 Å². The monoisotopic (exact) mass is 433 g/mol. The van der Waals surface area contributed by atoms with Gasteiger partial charge >= 0.3 is 0 Å². The average Bonchev–Trinajstić information content (AvgIpc) is 3.45. The van der Waals surface area contributed by atoms with Gasteiger partial charge in [-0.2, -0.15) is 0 Å². The first-order chi connectivity index (χ1) is 14.1. The lowest BCUT2D eigenvalue weighted by molar-refractivity contribution is -0.118. The zero-order valence-corrected chi connectivity index (χ0v) is 16.8. The van der Waals surface area contributed by atoms with Gasteiger partial charge in [0, 0.05) is 12.6 Å². The number of hydrogen-bond donors (Lipinski definition) is 2. The number of ether oxygens (including phenoxy) is 2. The minimum absolute atomic E-state index is 0.147. The molecule has 1 aromatic carbocycles. The maximum absolute atomic E-state index is 12.1. The van der Waals surface area contributed by atoms with Crippen LogP contribution in [0.25, 0.3) is 0 Å². The Morgan fingerprint density at radius 2 is 2.07 bits per heavy atom. The number of nitrogens with one attached hydrogen (secondary N) is 2. The molecule has 29 heavy (non-hydrogen) atoms. The van der Waals surface area contributed by atoms with Crippen molar-refractivity contribution in [2.75, 3.05) is 17.9 Å². The highest BCUT2D eigenvalue weighted by molar-refractivity contribution is 8.01. The molecule has 0 aliphatic carbocycles. The van der Waals surface area contributed by atoms with Crippen molar-refractivity contribution in [1.82, 2.24) is 20.7 Å². The molecule has 1 aliphatic heterocycles. The highest BCUT2D eigenvalue weighted by Crippen LogP contribution is 2.32. The predicted octanol–water partition coefficient (Wildman–Crippen LogP) is 2.22. The van der Waals surface area contributed by atoms with Crippen LogP contribution in [0, 0.1) is 6.92 Å². The van der Waals surface area contributed by atoms with E-state index in [9.17, 15) is 9.59 Å². The molecule has 0 unspecified atom stereocenters. The summed E-state index contributed by atoms with van der Waals surface area (Å²) in [6.45, 7) is 2.29. The van der Waals surface area contributed by atoms with Crippen LogP contribution in [0.4, 0.5) is 5.13 Å². The SMILES string of the molecule is Cc1cc(C(=O)Nc2nnc(SCC(=O)NCc3ccc4c(c3)OCO4)s2)no1. The van der Waals surface area contributed by atoms with Crippen LogP contribution < -0.4 is 20.1 Å². The lowest BCUT2D eigenvalue weighted by Crippen LogP contribution is -2.24. The zero-order chi connectivity index (χ0) is 20.2. The number of carbonyl (C=O) groups excluding carboxylic acids is 2. The van der Waals surface area contributed by atoms with E-state index >= 15 is 0 Å². The number of aryl methyl sites for hydroxylation is 1. The topological polar surface area (TPSA) is 128 Å². The number of amides is 2. The minimum atomic E-state index is -0.434. The maximum Gasteiger partial charge on any atom is 0.279 e. The number of carbonyl (C=O) groups is 2. The van der Waals surface area contributed by atoms with Gasteiger partial charge in [-0.05, 0) is 24.6 Å². The molecule has 0 radical (unpaired) electrons. The van der Waals surface area contributed by atoms with E-state index in [-0.39, 0.29) is 24.1 Å². The van der Waals surface area contributed by atoms with Gasteiger partial charge in [0.1, 0.15) is 5.76 Å². The Morgan fingerprint density at radius 1 is 1.21 bits per heavy atom. The number of fused-ring (bicyclic) bond motifs is 1. The predicted molar refractivity (Wildman–Crippen MR) is 104 cm³/mol. The number of hydrogen-bond acceptors (Lipinski definition) is 10. The van der Waals surface area contributed by atoms with E-state index in [1.165, 1.54) is 29.2 Å². The minimum Gasteiger partial charge on any atom is -0.454 e. The number of benzene rings is 1. The molecule has 1 aliphatic rings. The average molecular weight is 433 g/mol. The van der Waals surface area contributed by atoms with Gasteiger partial charge < -0.3 is 19.3 Å². The van der Waals surface area contributed by atoms with Crippen molar-refractivity contribution in [3.63, 3.8) is 0 Å². The third-order valence-corrected chi connectivity index (χ3v) is 5.71. The Hall–Kier alpha value is -3.12. The Balaban J connectivity index is 1.23. The summed E-state index contributed by atoms with van der Waals surface area (Å²) in [5.41, 5.74) is 1.08. The fraction of sp³-hybridized carbons (Fsp3) is 0.235. The Bertz CT molecular complexity index is 1050. The molecular formula is C17H15N5O5S2. The first kappa shape index (κ1) is 19.2. The number of rotatable bonds is 7. The van der Waals surface area contributed by atoms with Gasteiger partial charge in [0.15, 0.2) is 21.5 Å². The molecule has 0 saturated carbocycles. The summed E-state index contributed by atoms with van der Waals surface area (Å²) in [6, 6.07) is 7.05. The molecule has 3 aromatic rings. The maximum atomic E-state index is 12.1. The molecule has 12 heteroatoms. The van der Waals surface area contributed by atoms with Crippen molar-refractivity contribution in [3.8, 4) is 11.5 Å². The van der Waals surface area contributed by atoms with E-state index in [1.807, 2.05) is 18.2 Å². The standard InChI is InChI=1S/C17H15N5O5S2/c1-9-4-11(22-27-9)15(24)19-16-20-21-17(29-16)28-7-14(23)18-6-10-2-3-12-13(5-10)26-8-25-12/h2-5H,6-8H2,1H3,(H,18,23)(H,19,20,24). The highest BCUT2D eigenvalue weighted by Gasteiger charge is 2.15. The number of nitrogens with zero attached hydrogens (tertiary/aromatic N) is 3. The lowest BCUT2D eigenvalue weighted by Gasteiger charge is -2.05. The molecule has 0 saturated heterocycles. The van der Waals surface area contributed by atoms with Crippen LogP contribution in [0.5, 0.6) is 11.5 Å². The number of anilines is 1. The molecule has 10 nitrogen and oxygen atoms in total. The van der Waals surface area contributed by atoms with Crippen molar-refractivity contribution in [3.05, 3.63) is 41.3 Å². The molecular weight excluding hydrogens is 418 g/mol. The van der Waals surface area contributed by atoms with E-state index in [1.54, 1.807) is 6.92 Å². The Kier molecular flexibility index (Phi) is 5.62. The quantitative estimate of drug-likeness (QED) is 0.426. The van der Waals surface area contributed by atoms with E-state index < -0.39 is 5.91 Å². The van der Waals surface area contributed by atoms with Gasteiger partial charge in [-0.3, -0.25) is 14.9 Å². The molecule has 2 N–H and O–H groups in total. The van der Waals surface area contributed by atoms with Crippen molar-refractivity contribution >= 4 is 40.0 Å². The summed E-state index contributed by atoms with van der Waals surface area (Å²) in [6.07, 6.45) is 0. The van der Waals surface area contributed by atoms with Crippen molar-refractivity contribution in [1.29, 1.82) is 0 Å². The summed E-state index contributed by atoms with van der Waals surface area (Å²) < 4.78 is 16.0. The summed E-state index contributed by atoms with van der Waals surface area (Å²) in [5.74, 6) is 1.51. The summed E-state index contributed by atoms with van der Waals surface area (Å²) in [4.78, 5) is 24.1. The molecule has 2 amide bonds. The van der Waals surface area contributed by atoms with Gasteiger partial charge in [-0.15, -0.1) is 10.2 Å². The molecule has 0 fully saturated rings. The Morgan fingerprint density at radius 3 is 2.90 bits per heavy atom. The van der Waals surface area contributed by atoms with Crippen LogP contribution in [-0.2, 0) is 11.3 Å². The molecule has 3 heterocycles. The largest absolute Gasteiger partial charge is 0.454 e. The van der Waals surface area contributed by atoms with E-state index in [0.717, 1.165) is 5.56 Å². The van der Waals surface area contributed by atoms with Crippen LogP contribution in [0.1, 0.15) is 21.8 Å². The van der Waals surface area contributed by atoms with E-state index in [0.29, 0.717) is 33.3 Å². The molecule has 4 rings (SSSR count). The molecule has 0 atom stereocenters. The second-order valence-electron chi connectivity index (χ2n) is 5.90. The van der Waals surface area contributed by atoms with Gasteiger partial charge in [-0.1, -0.05) is 34.3 Å². The first-order valence-electron chi connectivity index (χ1n) is 8.43. The molecule has 0 bridgehead atoms. The van der Waals surface area contributed by atoms with Gasteiger partial charge in [0.25, 0.3) is 5.91 Å². The fourth-order valence-corrected chi connectivity index (χ4v) is 3.96. The molecule has 2 aromatic heterocycles. The van der Waals surface area contributed by atoms with E-state index in [2.05, 4.69) is 26.0 Å². The van der Waals surface area contributed by atoms with Crippen LogP contribution in [0.2, 0.25) is 0 Å². The number of aromatic nitrogens is 3. The lowest BCUT2D eigenvalue weighted by atomic mass is 10.2. The van der Waals surface area contributed by atoms with Crippen molar-refractivity contribution < 1.29 is 23.6 Å². The van der Waals surface area contributed by atoms with Gasteiger partial charge in [0.05, 0.1) is 5.75 Å². The second kappa shape index (κ2) is 8.49. The van der Waals surface area contributed by atoms with Crippen LogP contribution in [0.15, 0.2) is 33.1 Å². The summed E-state index contributed by atoms with van der Waals surface area (Å²) >= 11 is 2.41. The molecule has 150 valence electrons. The van der Waals surface area contributed by atoms with Crippen molar-refractivity contribution in [2.24, 2.45) is 0 Å². The highest BCUT2D eigenvalue weighted by atomic mass is 32.2. The smallest absolute Gasteiger partial charge is 0.279 e. The third-order valence-electron chi connectivity index (χ3n) is 3.74. The van der Waals surface area contributed by atoms with Crippen LogP contribution in [0.3, 0.4) is 0 Å². The van der Waals surface area contributed by atoms with E-state index in [4.69, 9.17) is 14.0 Å². The Labute approximate surface area is 173 Å². The molecule has 0 spiro atoms. The third kappa shape index (κ3) is 4.84. The van der Waals surface area contributed by atoms with Crippen molar-refractivity contribution in [2.45, 2.75) is 17.8 Å². The summed E-state index contributed by atoms with van der Waals surface area (Å²) in [5, 5.41) is 17.2. The number of thioether (sulfide) groups is 1. The van der Waals surface area contributed by atoms with Crippen LogP contribution in [-0.4, -0.2) is 39.7 Å².